The Morgan fingerprint density at radius 2 is 2.00 bits per heavy atom. The molecule has 1 fully saturated rings. The first-order valence-corrected chi connectivity index (χ1v) is 5.78. The number of carboxylic acid groups (broad SMARTS) is 1. The lowest BCUT2D eigenvalue weighted by atomic mass is 9.99. The van der Waals surface area contributed by atoms with Crippen molar-refractivity contribution in [1.82, 2.24) is 5.32 Å². The molecule has 92 valence electrons. The molecule has 0 aromatic heterocycles. The van der Waals surface area contributed by atoms with E-state index < -0.39 is 12.0 Å². The standard InChI is InChI=1S/C11H20N2O3/c1-7(8-4-2-3-5-8)13-11(16)9(12)6-10(14)15/h7-9H,2-6,12H2,1H3,(H,13,16)(H,14,15). The number of aliphatic carboxylic acids is 1. The van der Waals surface area contributed by atoms with Crippen LogP contribution in [-0.4, -0.2) is 29.1 Å². The van der Waals surface area contributed by atoms with Crippen molar-refractivity contribution in [2.45, 2.75) is 51.1 Å². The summed E-state index contributed by atoms with van der Waals surface area (Å²) in [5.74, 6) is -0.890. The molecule has 0 aliphatic heterocycles. The summed E-state index contributed by atoms with van der Waals surface area (Å²) in [6.45, 7) is 1.96. The summed E-state index contributed by atoms with van der Waals surface area (Å²) < 4.78 is 0. The third-order valence-electron chi connectivity index (χ3n) is 3.21. The number of carbonyl (C=O) groups is 2. The zero-order chi connectivity index (χ0) is 12.1. The van der Waals surface area contributed by atoms with Gasteiger partial charge in [-0.1, -0.05) is 12.8 Å². The number of carboxylic acids is 1. The Morgan fingerprint density at radius 3 is 2.50 bits per heavy atom. The summed E-state index contributed by atoms with van der Waals surface area (Å²) >= 11 is 0. The minimum Gasteiger partial charge on any atom is -0.481 e. The van der Waals surface area contributed by atoms with E-state index in [9.17, 15) is 9.59 Å². The average molecular weight is 228 g/mol. The maximum Gasteiger partial charge on any atom is 0.305 e. The van der Waals surface area contributed by atoms with Gasteiger partial charge in [0, 0.05) is 6.04 Å². The highest BCUT2D eigenvalue weighted by molar-refractivity contribution is 5.86. The molecule has 2 unspecified atom stereocenters. The van der Waals surface area contributed by atoms with Crippen LogP contribution < -0.4 is 11.1 Å². The molecule has 2 atom stereocenters. The van der Waals surface area contributed by atoms with Gasteiger partial charge >= 0.3 is 5.97 Å². The van der Waals surface area contributed by atoms with Crippen molar-refractivity contribution in [3.8, 4) is 0 Å². The highest BCUT2D eigenvalue weighted by Crippen LogP contribution is 2.27. The van der Waals surface area contributed by atoms with Crippen molar-refractivity contribution >= 4 is 11.9 Å². The summed E-state index contributed by atoms with van der Waals surface area (Å²) in [5.41, 5.74) is 5.47. The molecule has 5 heteroatoms. The first-order chi connectivity index (χ1) is 7.50. The van der Waals surface area contributed by atoms with Crippen LogP contribution in [0.15, 0.2) is 0 Å². The van der Waals surface area contributed by atoms with Gasteiger partial charge in [-0.05, 0) is 25.7 Å². The zero-order valence-electron chi connectivity index (χ0n) is 9.61. The minimum atomic E-state index is -1.05. The van der Waals surface area contributed by atoms with Gasteiger partial charge in [0.2, 0.25) is 5.91 Å². The summed E-state index contributed by atoms with van der Waals surface area (Å²) in [7, 11) is 0. The Hall–Kier alpha value is -1.10. The van der Waals surface area contributed by atoms with Gasteiger partial charge in [-0.25, -0.2) is 0 Å². The van der Waals surface area contributed by atoms with E-state index in [1.807, 2.05) is 6.92 Å². The molecule has 1 saturated carbocycles. The highest BCUT2D eigenvalue weighted by atomic mass is 16.4. The fourth-order valence-electron chi connectivity index (χ4n) is 2.19. The van der Waals surface area contributed by atoms with Gasteiger partial charge in [-0.15, -0.1) is 0 Å². The van der Waals surface area contributed by atoms with Crippen molar-refractivity contribution in [3.63, 3.8) is 0 Å². The Labute approximate surface area is 95.4 Å². The molecule has 0 radical (unpaired) electrons. The maximum absolute atomic E-state index is 11.5. The van der Waals surface area contributed by atoms with Crippen LogP contribution in [-0.2, 0) is 9.59 Å². The van der Waals surface area contributed by atoms with Crippen molar-refractivity contribution in [3.05, 3.63) is 0 Å². The number of hydrogen-bond acceptors (Lipinski definition) is 3. The number of nitrogens with one attached hydrogen (secondary N) is 1. The molecule has 16 heavy (non-hydrogen) atoms. The second-order valence-electron chi connectivity index (χ2n) is 4.55. The van der Waals surface area contributed by atoms with Crippen LogP contribution in [0.3, 0.4) is 0 Å². The van der Waals surface area contributed by atoms with E-state index in [2.05, 4.69) is 5.32 Å². The van der Waals surface area contributed by atoms with Crippen LogP contribution >= 0.6 is 0 Å². The first-order valence-electron chi connectivity index (χ1n) is 5.78. The van der Waals surface area contributed by atoms with E-state index in [0.717, 1.165) is 12.8 Å². The monoisotopic (exact) mass is 228 g/mol. The van der Waals surface area contributed by atoms with E-state index in [-0.39, 0.29) is 18.4 Å². The molecule has 1 aliphatic carbocycles. The van der Waals surface area contributed by atoms with Crippen molar-refractivity contribution in [2.24, 2.45) is 11.7 Å². The summed E-state index contributed by atoms with van der Waals surface area (Å²) in [4.78, 5) is 21.9. The number of nitrogens with two attached hydrogens (primary N) is 1. The van der Waals surface area contributed by atoms with Gasteiger partial charge in [0.25, 0.3) is 0 Å². The molecule has 0 heterocycles. The molecule has 1 aliphatic rings. The van der Waals surface area contributed by atoms with E-state index in [0.29, 0.717) is 5.92 Å². The van der Waals surface area contributed by atoms with E-state index >= 15 is 0 Å². The molecule has 0 aromatic carbocycles. The van der Waals surface area contributed by atoms with Crippen molar-refractivity contribution in [1.29, 1.82) is 0 Å². The molecule has 5 nitrogen and oxygen atoms in total. The van der Waals surface area contributed by atoms with Gasteiger partial charge < -0.3 is 16.2 Å². The number of hydrogen-bond donors (Lipinski definition) is 3. The zero-order valence-corrected chi connectivity index (χ0v) is 9.61. The third-order valence-corrected chi connectivity index (χ3v) is 3.21. The van der Waals surface area contributed by atoms with E-state index in [4.69, 9.17) is 10.8 Å². The second-order valence-corrected chi connectivity index (χ2v) is 4.55. The van der Waals surface area contributed by atoms with Crippen LogP contribution in [0.2, 0.25) is 0 Å². The van der Waals surface area contributed by atoms with E-state index in [1.54, 1.807) is 0 Å². The maximum atomic E-state index is 11.5. The second kappa shape index (κ2) is 5.84. The number of rotatable bonds is 5. The largest absolute Gasteiger partial charge is 0.481 e. The molecular formula is C11H20N2O3. The summed E-state index contributed by atoms with van der Waals surface area (Å²) in [6.07, 6.45) is 4.38. The summed E-state index contributed by atoms with van der Waals surface area (Å²) in [6, 6.07) is -0.851. The smallest absolute Gasteiger partial charge is 0.305 e. The molecule has 0 bridgehead atoms. The number of carbonyl (C=O) groups excluding carboxylic acids is 1. The minimum absolute atomic E-state index is 0.0924. The lowest BCUT2D eigenvalue weighted by molar-refractivity contribution is -0.139. The van der Waals surface area contributed by atoms with Crippen LogP contribution in [0, 0.1) is 5.92 Å². The predicted molar refractivity (Wildman–Crippen MR) is 59.8 cm³/mol. The molecule has 1 amide bonds. The van der Waals surface area contributed by atoms with Crippen LogP contribution in [0.5, 0.6) is 0 Å². The average Bonchev–Trinajstić information content (AvgIpc) is 2.68. The van der Waals surface area contributed by atoms with Gasteiger partial charge in [0.05, 0.1) is 12.5 Å². The lowest BCUT2D eigenvalue weighted by Crippen LogP contribution is -2.47. The Morgan fingerprint density at radius 1 is 1.44 bits per heavy atom. The van der Waals surface area contributed by atoms with Crippen LogP contribution in [0.25, 0.3) is 0 Å². The topological polar surface area (TPSA) is 92.4 Å². The highest BCUT2D eigenvalue weighted by Gasteiger charge is 2.25. The molecule has 0 spiro atoms. The Balaban J connectivity index is 2.34. The molecule has 1 rings (SSSR count). The van der Waals surface area contributed by atoms with Crippen LogP contribution in [0.4, 0.5) is 0 Å². The molecular weight excluding hydrogens is 208 g/mol. The number of amides is 1. The van der Waals surface area contributed by atoms with Gasteiger partial charge in [0.1, 0.15) is 0 Å². The fraction of sp³-hybridized carbons (Fsp3) is 0.818. The fourth-order valence-corrected chi connectivity index (χ4v) is 2.19. The molecule has 4 N–H and O–H groups in total. The predicted octanol–water partition coefficient (Wildman–Crippen LogP) is 0.483. The lowest BCUT2D eigenvalue weighted by Gasteiger charge is -2.21. The Bertz CT molecular complexity index is 262. The molecule has 0 aromatic rings. The van der Waals surface area contributed by atoms with E-state index in [1.165, 1.54) is 12.8 Å². The van der Waals surface area contributed by atoms with Gasteiger partial charge in [0.15, 0.2) is 0 Å². The third kappa shape index (κ3) is 3.81. The first kappa shape index (κ1) is 13.0. The normalized spacial score (nSPS) is 20.4. The SMILES string of the molecule is CC(NC(=O)C(N)CC(=O)O)C1CCCC1. The van der Waals surface area contributed by atoms with Gasteiger partial charge in [-0.2, -0.15) is 0 Å². The quantitative estimate of drug-likeness (QED) is 0.638. The summed E-state index contributed by atoms with van der Waals surface area (Å²) in [5, 5.41) is 11.3. The van der Waals surface area contributed by atoms with Crippen LogP contribution in [0.1, 0.15) is 39.0 Å². The Kier molecular flexibility index (Phi) is 4.73. The molecule has 0 saturated heterocycles. The van der Waals surface area contributed by atoms with Gasteiger partial charge in [-0.3, -0.25) is 9.59 Å². The van der Waals surface area contributed by atoms with Crippen molar-refractivity contribution in [2.75, 3.05) is 0 Å². The van der Waals surface area contributed by atoms with Crippen molar-refractivity contribution < 1.29 is 14.7 Å².